The SMILES string of the molecule is Cc1ccc2nnn(N)c2c1. The molecule has 4 nitrogen and oxygen atoms in total. The van der Waals surface area contributed by atoms with Gasteiger partial charge in [-0.3, -0.25) is 0 Å². The summed E-state index contributed by atoms with van der Waals surface area (Å²) in [4.78, 5) is 1.28. The number of hydrogen-bond donors (Lipinski definition) is 1. The number of hydrogen-bond acceptors (Lipinski definition) is 3. The molecule has 0 amide bonds. The zero-order valence-corrected chi connectivity index (χ0v) is 6.15. The zero-order valence-electron chi connectivity index (χ0n) is 6.15. The molecule has 1 heterocycles. The molecule has 0 bridgehead atoms. The lowest BCUT2D eigenvalue weighted by atomic mass is 10.2. The Morgan fingerprint density at radius 2 is 2.27 bits per heavy atom. The minimum Gasteiger partial charge on any atom is -0.321 e. The van der Waals surface area contributed by atoms with Gasteiger partial charge in [0.25, 0.3) is 0 Å². The predicted molar refractivity (Wildman–Crippen MR) is 42.4 cm³/mol. The van der Waals surface area contributed by atoms with E-state index >= 15 is 0 Å². The molecule has 56 valence electrons. The Hall–Kier alpha value is -1.58. The molecule has 0 aliphatic carbocycles. The molecule has 0 saturated carbocycles. The molecule has 1 aromatic heterocycles. The van der Waals surface area contributed by atoms with Crippen LogP contribution in [-0.2, 0) is 0 Å². The first-order valence-electron chi connectivity index (χ1n) is 3.34. The number of aryl methyl sites for hydroxylation is 1. The summed E-state index contributed by atoms with van der Waals surface area (Å²) in [5.74, 6) is 5.49. The van der Waals surface area contributed by atoms with Crippen LogP contribution in [-0.4, -0.2) is 15.1 Å². The van der Waals surface area contributed by atoms with Gasteiger partial charge in [-0.25, -0.2) is 0 Å². The lowest BCUT2D eigenvalue weighted by Crippen LogP contribution is -2.09. The molecule has 4 heteroatoms. The van der Waals surface area contributed by atoms with E-state index in [0.717, 1.165) is 16.6 Å². The largest absolute Gasteiger partial charge is 0.321 e. The summed E-state index contributed by atoms with van der Waals surface area (Å²) in [5, 5.41) is 7.53. The first-order valence-corrected chi connectivity index (χ1v) is 3.34. The highest BCUT2D eigenvalue weighted by Crippen LogP contribution is 2.10. The molecule has 2 N–H and O–H groups in total. The summed E-state index contributed by atoms with van der Waals surface area (Å²) in [6, 6.07) is 5.84. The van der Waals surface area contributed by atoms with E-state index in [1.165, 1.54) is 4.79 Å². The van der Waals surface area contributed by atoms with Crippen molar-refractivity contribution < 1.29 is 0 Å². The maximum atomic E-state index is 5.49. The molecule has 0 radical (unpaired) electrons. The third-order valence-electron chi connectivity index (χ3n) is 1.63. The third kappa shape index (κ3) is 0.832. The highest BCUT2D eigenvalue weighted by Gasteiger charge is 1.99. The fourth-order valence-electron chi connectivity index (χ4n) is 1.05. The Labute approximate surface area is 63.6 Å². The molecule has 0 spiro atoms. The number of nitrogen functional groups attached to an aromatic ring is 1. The van der Waals surface area contributed by atoms with E-state index in [1.807, 2.05) is 25.1 Å². The van der Waals surface area contributed by atoms with Gasteiger partial charge < -0.3 is 5.84 Å². The normalized spacial score (nSPS) is 10.6. The number of nitrogens with zero attached hydrogens (tertiary/aromatic N) is 3. The second-order valence-corrected chi connectivity index (χ2v) is 2.53. The minimum atomic E-state index is 0.832. The average molecular weight is 148 g/mol. The van der Waals surface area contributed by atoms with Crippen molar-refractivity contribution in [1.29, 1.82) is 0 Å². The summed E-state index contributed by atoms with van der Waals surface area (Å²) >= 11 is 0. The number of aromatic nitrogens is 3. The van der Waals surface area contributed by atoms with Gasteiger partial charge in [-0.15, -0.1) is 5.10 Å². The van der Waals surface area contributed by atoms with Crippen LogP contribution in [0.1, 0.15) is 5.56 Å². The highest BCUT2D eigenvalue weighted by molar-refractivity contribution is 5.74. The standard InChI is InChI=1S/C7H8N4/c1-5-2-3-6-7(4-5)11(8)10-9-6/h2-4H,8H2,1H3. The summed E-state index contributed by atoms with van der Waals surface area (Å²) in [7, 11) is 0. The number of nitrogens with two attached hydrogens (primary N) is 1. The van der Waals surface area contributed by atoms with Crippen LogP contribution in [0.15, 0.2) is 18.2 Å². The Morgan fingerprint density at radius 3 is 3.09 bits per heavy atom. The van der Waals surface area contributed by atoms with Gasteiger partial charge in [0.2, 0.25) is 0 Å². The van der Waals surface area contributed by atoms with Gasteiger partial charge in [0.05, 0.1) is 0 Å². The molecule has 11 heavy (non-hydrogen) atoms. The van der Waals surface area contributed by atoms with Crippen LogP contribution < -0.4 is 5.84 Å². The van der Waals surface area contributed by atoms with Crippen molar-refractivity contribution in [3.63, 3.8) is 0 Å². The Bertz CT molecular complexity index is 390. The molecule has 0 fully saturated rings. The molecular formula is C7H8N4. The van der Waals surface area contributed by atoms with Crippen LogP contribution in [0.5, 0.6) is 0 Å². The van der Waals surface area contributed by atoms with Crippen molar-refractivity contribution in [3.05, 3.63) is 23.8 Å². The molecule has 0 aliphatic rings. The van der Waals surface area contributed by atoms with E-state index < -0.39 is 0 Å². The second kappa shape index (κ2) is 1.95. The monoisotopic (exact) mass is 148 g/mol. The van der Waals surface area contributed by atoms with E-state index in [0.29, 0.717) is 0 Å². The molecule has 0 unspecified atom stereocenters. The molecule has 0 atom stereocenters. The van der Waals surface area contributed by atoms with E-state index in [4.69, 9.17) is 5.84 Å². The van der Waals surface area contributed by atoms with Gasteiger partial charge in [-0.2, -0.15) is 4.79 Å². The van der Waals surface area contributed by atoms with Crippen LogP contribution in [0.2, 0.25) is 0 Å². The predicted octanol–water partition coefficient (Wildman–Crippen LogP) is 0.454. The quantitative estimate of drug-likeness (QED) is 0.552. The van der Waals surface area contributed by atoms with Gasteiger partial charge in [0.15, 0.2) is 0 Å². The summed E-state index contributed by atoms with van der Waals surface area (Å²) < 4.78 is 0. The van der Waals surface area contributed by atoms with Crippen LogP contribution >= 0.6 is 0 Å². The maximum Gasteiger partial charge on any atom is 0.115 e. The van der Waals surface area contributed by atoms with Gasteiger partial charge in [-0.05, 0) is 29.8 Å². The highest BCUT2D eigenvalue weighted by atomic mass is 15.6. The van der Waals surface area contributed by atoms with Crippen LogP contribution in [0, 0.1) is 6.92 Å². The Balaban J connectivity index is 2.87. The molecule has 1 aromatic carbocycles. The summed E-state index contributed by atoms with van der Waals surface area (Å²) in [6.45, 7) is 2.01. The van der Waals surface area contributed by atoms with Crippen LogP contribution in [0.4, 0.5) is 0 Å². The number of rotatable bonds is 0. The fourth-order valence-corrected chi connectivity index (χ4v) is 1.05. The topological polar surface area (TPSA) is 56.7 Å². The fraction of sp³-hybridized carbons (Fsp3) is 0.143. The van der Waals surface area contributed by atoms with Crippen molar-refractivity contribution in [2.24, 2.45) is 0 Å². The molecule has 2 rings (SSSR count). The summed E-state index contributed by atoms with van der Waals surface area (Å²) in [6.07, 6.45) is 0. The van der Waals surface area contributed by atoms with Crippen molar-refractivity contribution >= 4 is 11.0 Å². The third-order valence-corrected chi connectivity index (χ3v) is 1.63. The molecule has 0 aliphatic heterocycles. The van der Waals surface area contributed by atoms with Crippen LogP contribution in [0.3, 0.4) is 0 Å². The molecule has 0 saturated heterocycles. The average Bonchev–Trinajstić information content (AvgIpc) is 2.33. The second-order valence-electron chi connectivity index (χ2n) is 2.53. The maximum absolute atomic E-state index is 5.49. The lowest BCUT2D eigenvalue weighted by molar-refractivity contribution is 0.787. The molecular weight excluding hydrogens is 140 g/mol. The smallest absolute Gasteiger partial charge is 0.115 e. The number of benzene rings is 1. The van der Waals surface area contributed by atoms with E-state index in [2.05, 4.69) is 10.3 Å². The van der Waals surface area contributed by atoms with Crippen molar-refractivity contribution in [3.8, 4) is 0 Å². The minimum absolute atomic E-state index is 0.832. The first kappa shape index (κ1) is 6.15. The van der Waals surface area contributed by atoms with E-state index in [-0.39, 0.29) is 0 Å². The Kier molecular flexibility index (Phi) is 1.09. The van der Waals surface area contributed by atoms with Crippen molar-refractivity contribution in [1.82, 2.24) is 15.1 Å². The van der Waals surface area contributed by atoms with Crippen LogP contribution in [0.25, 0.3) is 11.0 Å². The van der Waals surface area contributed by atoms with Gasteiger partial charge in [-0.1, -0.05) is 6.07 Å². The van der Waals surface area contributed by atoms with Gasteiger partial charge >= 0.3 is 0 Å². The Morgan fingerprint density at radius 1 is 1.45 bits per heavy atom. The van der Waals surface area contributed by atoms with Gasteiger partial charge in [0.1, 0.15) is 11.0 Å². The molecule has 2 aromatic rings. The summed E-state index contributed by atoms with van der Waals surface area (Å²) in [5.41, 5.74) is 2.86. The first-order chi connectivity index (χ1) is 5.27. The van der Waals surface area contributed by atoms with Gasteiger partial charge in [0, 0.05) is 0 Å². The van der Waals surface area contributed by atoms with Crippen molar-refractivity contribution in [2.45, 2.75) is 6.92 Å². The van der Waals surface area contributed by atoms with Crippen molar-refractivity contribution in [2.75, 3.05) is 5.84 Å². The number of fused-ring (bicyclic) bond motifs is 1. The van der Waals surface area contributed by atoms with E-state index in [1.54, 1.807) is 0 Å². The van der Waals surface area contributed by atoms with E-state index in [9.17, 15) is 0 Å². The lowest BCUT2D eigenvalue weighted by Gasteiger charge is -1.92. The zero-order chi connectivity index (χ0) is 7.84.